The number of aryl methyl sites for hydroxylation is 2. The van der Waals surface area contributed by atoms with E-state index in [-0.39, 0.29) is 11.2 Å². The Labute approximate surface area is 158 Å². The maximum atomic E-state index is 12.8. The number of thioether (sulfide) groups is 1. The highest BCUT2D eigenvalue weighted by Gasteiger charge is 2.27. The van der Waals surface area contributed by atoms with Crippen LogP contribution in [0.1, 0.15) is 22.2 Å². The number of nitrogens with zero attached hydrogens (tertiary/aromatic N) is 4. The van der Waals surface area contributed by atoms with Gasteiger partial charge in [-0.15, -0.1) is 10.2 Å². The Morgan fingerprint density at radius 2 is 1.65 bits per heavy atom. The van der Waals surface area contributed by atoms with Crippen molar-refractivity contribution in [3.05, 3.63) is 71.5 Å². The molecular formula is C20H22N4OS. The van der Waals surface area contributed by atoms with E-state index in [1.165, 1.54) is 11.8 Å². The van der Waals surface area contributed by atoms with Crippen LogP contribution in [0.3, 0.4) is 0 Å². The van der Waals surface area contributed by atoms with Crippen LogP contribution in [0.25, 0.3) is 5.69 Å². The van der Waals surface area contributed by atoms with Gasteiger partial charge in [-0.05, 0) is 31.0 Å². The molecule has 2 aromatic carbocycles. The molecule has 0 aliphatic rings. The number of hydrogen-bond donors (Lipinski definition) is 0. The zero-order valence-electron chi connectivity index (χ0n) is 15.4. The number of aromatic nitrogens is 3. The Morgan fingerprint density at radius 3 is 2.31 bits per heavy atom. The third-order valence-corrected chi connectivity index (χ3v) is 5.33. The maximum Gasteiger partial charge on any atom is 0.240 e. The monoisotopic (exact) mass is 366 g/mol. The molecule has 26 heavy (non-hydrogen) atoms. The molecular weight excluding hydrogens is 344 g/mol. The minimum absolute atomic E-state index is 0.0261. The summed E-state index contributed by atoms with van der Waals surface area (Å²) in [5.41, 5.74) is 3.11. The van der Waals surface area contributed by atoms with Crippen LogP contribution in [0.15, 0.2) is 59.8 Å². The van der Waals surface area contributed by atoms with Crippen molar-refractivity contribution in [1.29, 1.82) is 0 Å². The van der Waals surface area contributed by atoms with Gasteiger partial charge in [0.05, 0.1) is 5.69 Å². The SMILES string of the molecule is Cc1ccccc1-n1c(C)nnc1S[C@@H](C(=O)N(C)C)c1ccccc1. The van der Waals surface area contributed by atoms with Crippen molar-refractivity contribution in [2.75, 3.05) is 14.1 Å². The standard InChI is InChI=1S/C20H22N4OS/c1-14-10-8-9-13-17(14)24-15(2)21-22-20(24)26-18(19(25)23(3)4)16-11-6-5-7-12-16/h5-13,18H,1-4H3/t18-/m1/s1. The predicted molar refractivity (Wildman–Crippen MR) is 105 cm³/mol. The van der Waals surface area contributed by atoms with Crippen molar-refractivity contribution in [1.82, 2.24) is 19.7 Å². The minimum Gasteiger partial charge on any atom is -0.348 e. The lowest BCUT2D eigenvalue weighted by atomic mass is 10.1. The second-order valence-electron chi connectivity index (χ2n) is 6.29. The average Bonchev–Trinajstić information content (AvgIpc) is 3.00. The van der Waals surface area contributed by atoms with Gasteiger partial charge in [0.2, 0.25) is 5.91 Å². The molecule has 0 bridgehead atoms. The van der Waals surface area contributed by atoms with Crippen LogP contribution in [-0.4, -0.2) is 39.7 Å². The molecule has 1 aromatic heterocycles. The molecule has 3 aromatic rings. The summed E-state index contributed by atoms with van der Waals surface area (Å²) in [5, 5.41) is 8.93. The largest absolute Gasteiger partial charge is 0.348 e. The van der Waals surface area contributed by atoms with Crippen LogP contribution >= 0.6 is 11.8 Å². The zero-order chi connectivity index (χ0) is 18.7. The second-order valence-corrected chi connectivity index (χ2v) is 7.37. The smallest absolute Gasteiger partial charge is 0.240 e. The van der Waals surface area contributed by atoms with Crippen molar-refractivity contribution in [2.45, 2.75) is 24.3 Å². The molecule has 0 aliphatic heterocycles. The van der Waals surface area contributed by atoms with E-state index in [2.05, 4.69) is 23.2 Å². The summed E-state index contributed by atoms with van der Waals surface area (Å²) < 4.78 is 2.01. The Hall–Kier alpha value is -2.60. The zero-order valence-corrected chi connectivity index (χ0v) is 16.2. The van der Waals surface area contributed by atoms with E-state index in [0.717, 1.165) is 22.6 Å². The number of amides is 1. The molecule has 1 atom stereocenters. The first-order valence-electron chi connectivity index (χ1n) is 8.40. The van der Waals surface area contributed by atoms with E-state index in [4.69, 9.17) is 0 Å². The van der Waals surface area contributed by atoms with Crippen LogP contribution in [0.4, 0.5) is 0 Å². The van der Waals surface area contributed by atoms with Crippen LogP contribution in [-0.2, 0) is 4.79 Å². The van der Waals surface area contributed by atoms with Gasteiger partial charge in [0.25, 0.3) is 0 Å². The van der Waals surface area contributed by atoms with Crippen molar-refractivity contribution in [3.8, 4) is 5.69 Å². The quantitative estimate of drug-likeness (QED) is 0.645. The fourth-order valence-electron chi connectivity index (χ4n) is 2.74. The van der Waals surface area contributed by atoms with Gasteiger partial charge in [-0.3, -0.25) is 9.36 Å². The number of rotatable bonds is 5. The molecule has 1 amide bonds. The third-order valence-electron chi connectivity index (χ3n) is 4.14. The fraction of sp³-hybridized carbons (Fsp3) is 0.250. The van der Waals surface area contributed by atoms with E-state index in [0.29, 0.717) is 5.16 Å². The third kappa shape index (κ3) is 3.65. The van der Waals surface area contributed by atoms with Gasteiger partial charge >= 0.3 is 0 Å². The Morgan fingerprint density at radius 1 is 1.00 bits per heavy atom. The summed E-state index contributed by atoms with van der Waals surface area (Å²) in [7, 11) is 3.55. The van der Waals surface area contributed by atoms with Gasteiger partial charge in [-0.2, -0.15) is 0 Å². The first kappa shape index (κ1) is 18.2. The number of benzene rings is 2. The van der Waals surface area contributed by atoms with E-state index in [1.54, 1.807) is 19.0 Å². The van der Waals surface area contributed by atoms with Gasteiger partial charge in [-0.1, -0.05) is 60.3 Å². The molecule has 0 aliphatic carbocycles. The second kappa shape index (κ2) is 7.74. The number of carbonyl (C=O) groups is 1. The lowest BCUT2D eigenvalue weighted by Crippen LogP contribution is -2.27. The molecule has 0 radical (unpaired) electrons. The van der Waals surface area contributed by atoms with Crippen LogP contribution in [0.5, 0.6) is 0 Å². The van der Waals surface area contributed by atoms with Crippen molar-refractivity contribution in [3.63, 3.8) is 0 Å². The molecule has 0 unspecified atom stereocenters. The number of hydrogen-bond acceptors (Lipinski definition) is 4. The Balaban J connectivity index is 2.04. The van der Waals surface area contributed by atoms with Crippen molar-refractivity contribution in [2.24, 2.45) is 0 Å². The number of carbonyl (C=O) groups excluding carboxylic acids is 1. The molecule has 0 N–H and O–H groups in total. The highest BCUT2D eigenvalue weighted by Crippen LogP contribution is 2.37. The van der Waals surface area contributed by atoms with Gasteiger partial charge in [0.15, 0.2) is 5.16 Å². The van der Waals surface area contributed by atoms with Crippen molar-refractivity contribution >= 4 is 17.7 Å². The normalized spacial score (nSPS) is 12.0. The molecule has 3 rings (SSSR count). The summed E-state index contributed by atoms with van der Waals surface area (Å²) in [4.78, 5) is 14.4. The predicted octanol–water partition coefficient (Wildman–Crippen LogP) is 3.81. The van der Waals surface area contributed by atoms with Crippen molar-refractivity contribution < 1.29 is 4.79 Å². The average molecular weight is 366 g/mol. The fourth-order valence-corrected chi connectivity index (χ4v) is 3.98. The molecule has 0 fully saturated rings. The lowest BCUT2D eigenvalue weighted by Gasteiger charge is -2.21. The van der Waals surface area contributed by atoms with E-state index < -0.39 is 0 Å². The van der Waals surface area contributed by atoms with Crippen LogP contribution in [0.2, 0.25) is 0 Å². The van der Waals surface area contributed by atoms with Crippen LogP contribution in [0, 0.1) is 13.8 Å². The van der Waals surface area contributed by atoms with E-state index >= 15 is 0 Å². The number of para-hydroxylation sites is 1. The molecule has 0 saturated carbocycles. The highest BCUT2D eigenvalue weighted by atomic mass is 32.2. The summed E-state index contributed by atoms with van der Waals surface area (Å²) in [6, 6.07) is 17.9. The molecule has 6 heteroatoms. The minimum atomic E-state index is -0.377. The first-order chi connectivity index (χ1) is 12.5. The van der Waals surface area contributed by atoms with E-state index in [9.17, 15) is 4.79 Å². The number of likely N-dealkylation sites (N-methyl/N-ethyl adjacent to an activating group) is 1. The van der Waals surface area contributed by atoms with Gasteiger partial charge in [0.1, 0.15) is 11.1 Å². The molecule has 0 saturated heterocycles. The first-order valence-corrected chi connectivity index (χ1v) is 9.28. The van der Waals surface area contributed by atoms with Gasteiger partial charge in [-0.25, -0.2) is 0 Å². The molecule has 0 spiro atoms. The topological polar surface area (TPSA) is 51.0 Å². The summed E-state index contributed by atoms with van der Waals surface area (Å²) in [6.45, 7) is 3.98. The molecule has 134 valence electrons. The summed E-state index contributed by atoms with van der Waals surface area (Å²) in [6.07, 6.45) is 0. The molecule has 1 heterocycles. The molecule has 5 nitrogen and oxygen atoms in total. The maximum absolute atomic E-state index is 12.8. The van der Waals surface area contributed by atoms with Gasteiger partial charge < -0.3 is 4.90 Å². The Bertz CT molecular complexity index is 905. The highest BCUT2D eigenvalue weighted by molar-refractivity contribution is 8.00. The van der Waals surface area contributed by atoms with Crippen LogP contribution < -0.4 is 0 Å². The van der Waals surface area contributed by atoms with Gasteiger partial charge in [0, 0.05) is 14.1 Å². The Kier molecular flexibility index (Phi) is 5.42. The van der Waals surface area contributed by atoms with E-state index in [1.807, 2.05) is 60.0 Å². The summed E-state index contributed by atoms with van der Waals surface area (Å²) >= 11 is 1.43. The lowest BCUT2D eigenvalue weighted by molar-refractivity contribution is -0.128. The summed E-state index contributed by atoms with van der Waals surface area (Å²) in [5.74, 6) is 0.823.